The molecule has 0 fully saturated rings. The van der Waals surface area contributed by atoms with E-state index in [0.717, 1.165) is 40.9 Å². The molecule has 0 unspecified atom stereocenters. The summed E-state index contributed by atoms with van der Waals surface area (Å²) >= 11 is 0. The number of nitrogens with zero attached hydrogens (tertiary/aromatic N) is 4. The number of hydrogen-bond donors (Lipinski definition) is 1. The van der Waals surface area contributed by atoms with Gasteiger partial charge in [0.05, 0.1) is 0 Å². The van der Waals surface area contributed by atoms with Crippen molar-refractivity contribution in [1.29, 1.82) is 21.0 Å². The molecule has 0 saturated heterocycles. The predicted molar refractivity (Wildman–Crippen MR) is 58.8 cm³/mol. The fourth-order valence-corrected chi connectivity index (χ4v) is 8.62. The Labute approximate surface area is 97.3 Å². The Hall–Kier alpha value is -0.174. The third-order valence-electron chi connectivity index (χ3n) is 0.455. The quantitative estimate of drug-likeness (QED) is 0.783. The largest absolute Gasteiger partial charge is 0.369 e. The molecule has 0 saturated carbocycles. The summed E-state index contributed by atoms with van der Waals surface area (Å²) in [5.41, 5.74) is 0. The van der Waals surface area contributed by atoms with Crippen LogP contribution in [0.2, 0.25) is 0 Å². The van der Waals surface area contributed by atoms with E-state index < -0.39 is 8.18 Å². The van der Waals surface area contributed by atoms with Gasteiger partial charge >= 0.3 is 91.8 Å². The van der Waals surface area contributed by atoms with E-state index in [1.807, 2.05) is 21.6 Å². The van der Waals surface area contributed by atoms with Crippen LogP contribution in [0.4, 0.5) is 0 Å². The molecule has 0 aliphatic carbocycles. The molecule has 0 aromatic heterocycles. The van der Waals surface area contributed by atoms with Gasteiger partial charge in [-0.2, -0.15) is 0 Å². The molecule has 0 aliphatic heterocycles. The summed E-state index contributed by atoms with van der Waals surface area (Å²) in [6.07, 6.45) is 0. The minimum atomic E-state index is -2.26. The molecule has 0 aromatic rings. The Kier molecular flexibility index (Phi) is 10.9. The molecule has 0 heterocycles. The van der Waals surface area contributed by atoms with Crippen molar-refractivity contribution in [2.45, 2.75) is 0 Å². The standard InChI is InChI=1S/4CHNS.Co.H3N/c4*2-1-3;;/h4*3H;;1H3/q;;;;+3;/p-3. The second-order valence-corrected chi connectivity index (χ2v) is 16.8. The molecular formula is C4H4CoN5S4. The van der Waals surface area contributed by atoms with Gasteiger partial charge < -0.3 is 6.15 Å². The molecule has 78 valence electrons. The molecule has 0 amide bonds. The topological polar surface area (TPSA) is 132 Å². The van der Waals surface area contributed by atoms with Gasteiger partial charge in [0.15, 0.2) is 0 Å². The fourth-order valence-electron chi connectivity index (χ4n) is 0.232. The van der Waals surface area contributed by atoms with Crippen molar-refractivity contribution in [2.75, 3.05) is 0 Å². The number of nitriles is 4. The summed E-state index contributed by atoms with van der Waals surface area (Å²) in [7, 11) is 1.08. The number of rotatable bonds is 4. The van der Waals surface area contributed by atoms with E-state index in [1.165, 1.54) is 0 Å². The first kappa shape index (κ1) is 16.3. The molecule has 0 atom stereocenters. The van der Waals surface area contributed by atoms with Crippen LogP contribution in [0.5, 0.6) is 0 Å². The third-order valence-corrected chi connectivity index (χ3v) is 13.9. The summed E-state index contributed by atoms with van der Waals surface area (Å²) in [5, 5.41) is 41.1. The van der Waals surface area contributed by atoms with Crippen LogP contribution in [0, 0.1) is 42.7 Å². The smallest absolute Gasteiger partial charge is 0.369 e. The van der Waals surface area contributed by atoms with Crippen molar-refractivity contribution in [3.8, 4) is 21.6 Å². The molecule has 14 heavy (non-hydrogen) atoms. The molecular weight excluding hydrogens is 305 g/mol. The van der Waals surface area contributed by atoms with E-state index in [4.69, 9.17) is 21.0 Å². The minimum absolute atomic E-state index is 0. The van der Waals surface area contributed by atoms with E-state index >= 15 is 0 Å². The van der Waals surface area contributed by atoms with Crippen LogP contribution in [-0.4, -0.2) is 0 Å². The van der Waals surface area contributed by atoms with Crippen molar-refractivity contribution in [3.63, 3.8) is 0 Å². The summed E-state index contributed by atoms with van der Waals surface area (Å²) < 4.78 is 0. The zero-order chi connectivity index (χ0) is 10.2. The van der Waals surface area contributed by atoms with Crippen LogP contribution in [0.1, 0.15) is 0 Å². The molecule has 0 radical (unpaired) electrons. The Bertz CT molecular complexity index is 262. The van der Waals surface area contributed by atoms with Crippen LogP contribution < -0.4 is 6.15 Å². The van der Waals surface area contributed by atoms with Gasteiger partial charge in [-0.05, 0) is 0 Å². The predicted octanol–water partition coefficient (Wildman–Crippen LogP) is 3.03. The van der Waals surface area contributed by atoms with Gasteiger partial charge in [-0.15, -0.1) is 0 Å². The van der Waals surface area contributed by atoms with E-state index in [0.29, 0.717) is 0 Å². The number of thiocyanates is 4. The van der Waals surface area contributed by atoms with Gasteiger partial charge in [-0.3, -0.25) is 0 Å². The van der Waals surface area contributed by atoms with Gasteiger partial charge in [0.25, 0.3) is 0 Å². The summed E-state index contributed by atoms with van der Waals surface area (Å²) in [5.74, 6) is 0. The van der Waals surface area contributed by atoms with Gasteiger partial charge in [-0.1, -0.05) is 0 Å². The summed E-state index contributed by atoms with van der Waals surface area (Å²) in [6.45, 7) is 0. The van der Waals surface area contributed by atoms with Gasteiger partial charge in [0.2, 0.25) is 0 Å². The SMILES string of the molecule is N#C[S][Co-]([S]C#N)([S]C#N)[S]C#N.[NH4+]. The van der Waals surface area contributed by atoms with Crippen LogP contribution in [0.25, 0.3) is 0 Å². The van der Waals surface area contributed by atoms with Crippen LogP contribution in [-0.2, 0) is 8.18 Å². The van der Waals surface area contributed by atoms with Gasteiger partial charge in [-0.25, -0.2) is 0 Å². The van der Waals surface area contributed by atoms with Crippen molar-refractivity contribution < 1.29 is 8.18 Å². The normalized spacial score (nSPS) is 9.43. The van der Waals surface area contributed by atoms with E-state index in [2.05, 4.69) is 0 Å². The van der Waals surface area contributed by atoms with Crippen LogP contribution in [0.3, 0.4) is 0 Å². The molecule has 4 N–H and O–H groups in total. The number of quaternary nitrogens is 1. The first-order valence-corrected chi connectivity index (χ1v) is 10.1. The number of hydrogen-bond acceptors (Lipinski definition) is 8. The maximum absolute atomic E-state index is 8.45. The van der Waals surface area contributed by atoms with Crippen molar-refractivity contribution in [2.24, 2.45) is 0 Å². The Morgan fingerprint density at radius 3 is 1.00 bits per heavy atom. The Morgan fingerprint density at radius 2 is 0.857 bits per heavy atom. The first-order valence-electron chi connectivity index (χ1n) is 2.26. The Morgan fingerprint density at radius 1 is 0.643 bits per heavy atom. The monoisotopic (exact) mass is 309 g/mol. The molecule has 0 spiro atoms. The van der Waals surface area contributed by atoms with E-state index in [-0.39, 0.29) is 6.15 Å². The van der Waals surface area contributed by atoms with Crippen LogP contribution in [0.15, 0.2) is 0 Å². The third kappa shape index (κ3) is 5.53. The van der Waals surface area contributed by atoms with Gasteiger partial charge in [0.1, 0.15) is 0 Å². The maximum atomic E-state index is 8.45. The molecule has 5 nitrogen and oxygen atoms in total. The molecule has 0 bridgehead atoms. The molecule has 0 aliphatic rings. The van der Waals surface area contributed by atoms with Crippen molar-refractivity contribution in [1.82, 2.24) is 6.15 Å². The summed E-state index contributed by atoms with van der Waals surface area (Å²) in [6, 6.07) is 0. The minimum Gasteiger partial charge on any atom is -0.369 e. The second kappa shape index (κ2) is 9.38. The van der Waals surface area contributed by atoms with Gasteiger partial charge in [0, 0.05) is 0 Å². The van der Waals surface area contributed by atoms with Crippen molar-refractivity contribution >= 4 is 40.9 Å². The summed E-state index contributed by atoms with van der Waals surface area (Å²) in [4.78, 5) is 0. The average molecular weight is 309 g/mol. The van der Waals surface area contributed by atoms with Crippen LogP contribution >= 0.6 is 40.9 Å². The van der Waals surface area contributed by atoms with E-state index in [9.17, 15) is 0 Å². The second-order valence-electron chi connectivity index (χ2n) is 0.971. The van der Waals surface area contributed by atoms with Crippen molar-refractivity contribution in [3.05, 3.63) is 0 Å². The molecule has 10 heteroatoms. The fraction of sp³-hybridized carbons (Fsp3) is 0. The molecule has 0 rings (SSSR count). The van der Waals surface area contributed by atoms with E-state index in [1.54, 1.807) is 0 Å². The Balaban J connectivity index is 0. The zero-order valence-corrected chi connectivity index (χ0v) is 11.1. The zero-order valence-electron chi connectivity index (χ0n) is 6.76. The maximum Gasteiger partial charge on any atom is -0.369 e. The molecule has 0 aromatic carbocycles. The first-order chi connectivity index (χ1) is 6.24. The average Bonchev–Trinajstić information content (AvgIpc) is 2.06.